The lowest BCUT2D eigenvalue weighted by Gasteiger charge is -2.24. The zero-order chi connectivity index (χ0) is 14.4. The van der Waals surface area contributed by atoms with Gasteiger partial charge in [0.1, 0.15) is 5.82 Å². The minimum Gasteiger partial charge on any atom is -0.351 e. The lowest BCUT2D eigenvalue weighted by Crippen LogP contribution is -2.41. The van der Waals surface area contributed by atoms with Crippen LogP contribution in [0.1, 0.15) is 34.3 Å². The molecular weight excluding hydrogens is 282 g/mol. The van der Waals surface area contributed by atoms with E-state index in [0.29, 0.717) is 5.92 Å². The molecule has 0 unspecified atom stereocenters. The summed E-state index contributed by atoms with van der Waals surface area (Å²) in [6.45, 7) is 2.98. The van der Waals surface area contributed by atoms with Gasteiger partial charge in [-0.2, -0.15) is 0 Å². The van der Waals surface area contributed by atoms with Crippen LogP contribution in [0.5, 0.6) is 0 Å². The molecule has 1 N–H and O–H groups in total. The summed E-state index contributed by atoms with van der Waals surface area (Å²) in [5.74, 6) is 2.02. The molecule has 0 aromatic carbocycles. The molecule has 1 saturated carbocycles. The van der Waals surface area contributed by atoms with Crippen LogP contribution in [0.4, 0.5) is 0 Å². The quantitative estimate of drug-likeness (QED) is 0.947. The number of amides is 1. The number of hydrogen-bond acceptors (Lipinski definition) is 3. The topological polar surface area (TPSA) is 46.9 Å². The molecule has 1 amide bonds. The second-order valence-electron chi connectivity index (χ2n) is 6.14. The Kier molecular flexibility index (Phi) is 3.10. The molecule has 4 rings (SSSR count). The van der Waals surface area contributed by atoms with E-state index in [0.717, 1.165) is 31.6 Å². The molecule has 1 aliphatic heterocycles. The number of fused-ring (bicyclic) bond motifs is 1. The maximum atomic E-state index is 12.4. The molecule has 1 aliphatic carbocycles. The molecule has 0 saturated heterocycles. The first-order chi connectivity index (χ1) is 10.2. The fourth-order valence-corrected chi connectivity index (χ4v) is 4.30. The monoisotopic (exact) mass is 301 g/mol. The highest BCUT2D eigenvalue weighted by Gasteiger charge is 2.45. The number of aryl methyl sites for hydroxylation is 2. The Hall–Kier alpha value is -1.62. The molecule has 0 spiro atoms. The lowest BCUT2D eigenvalue weighted by molar-refractivity contribution is -0.123. The minimum atomic E-state index is 0.187. The number of nitrogens with one attached hydrogen (secondary N) is 1. The maximum Gasteiger partial charge on any atom is 0.224 e. The van der Waals surface area contributed by atoms with Gasteiger partial charge >= 0.3 is 0 Å². The third kappa shape index (κ3) is 2.50. The number of imidazole rings is 1. The van der Waals surface area contributed by atoms with Crippen molar-refractivity contribution in [3.8, 4) is 0 Å². The van der Waals surface area contributed by atoms with Gasteiger partial charge in [0.25, 0.3) is 0 Å². The highest BCUT2D eigenvalue weighted by molar-refractivity contribution is 7.12. The highest BCUT2D eigenvalue weighted by Crippen LogP contribution is 2.49. The second kappa shape index (κ2) is 4.98. The van der Waals surface area contributed by atoms with Crippen molar-refractivity contribution in [2.45, 2.75) is 44.7 Å². The van der Waals surface area contributed by atoms with Gasteiger partial charge in [0, 0.05) is 53.0 Å². The molecule has 4 nitrogen and oxygen atoms in total. The van der Waals surface area contributed by atoms with Crippen molar-refractivity contribution in [1.82, 2.24) is 14.9 Å². The summed E-state index contributed by atoms with van der Waals surface area (Å²) in [6, 6.07) is 4.58. The van der Waals surface area contributed by atoms with E-state index in [2.05, 4.69) is 33.9 Å². The van der Waals surface area contributed by atoms with Crippen molar-refractivity contribution in [3.05, 3.63) is 40.1 Å². The fourth-order valence-electron chi connectivity index (χ4n) is 3.24. The van der Waals surface area contributed by atoms with Crippen LogP contribution in [-0.4, -0.2) is 21.5 Å². The molecule has 21 heavy (non-hydrogen) atoms. The molecule has 0 radical (unpaired) electrons. The van der Waals surface area contributed by atoms with Crippen LogP contribution in [0, 0.1) is 12.8 Å². The van der Waals surface area contributed by atoms with Gasteiger partial charge in [-0.1, -0.05) is 0 Å². The van der Waals surface area contributed by atoms with Crippen LogP contribution < -0.4 is 5.32 Å². The van der Waals surface area contributed by atoms with E-state index < -0.39 is 0 Å². The van der Waals surface area contributed by atoms with Crippen molar-refractivity contribution in [2.75, 3.05) is 0 Å². The van der Waals surface area contributed by atoms with Crippen LogP contribution >= 0.6 is 11.3 Å². The van der Waals surface area contributed by atoms with Crippen molar-refractivity contribution >= 4 is 17.2 Å². The van der Waals surface area contributed by atoms with Crippen molar-refractivity contribution in [2.24, 2.45) is 5.92 Å². The number of aromatic nitrogens is 2. The Morgan fingerprint density at radius 1 is 1.48 bits per heavy atom. The fraction of sp³-hybridized carbons (Fsp3) is 0.500. The van der Waals surface area contributed by atoms with Crippen molar-refractivity contribution in [1.29, 1.82) is 0 Å². The molecule has 110 valence electrons. The number of nitrogens with zero attached hydrogens (tertiary/aromatic N) is 2. The van der Waals surface area contributed by atoms with E-state index in [1.54, 1.807) is 0 Å². The highest BCUT2D eigenvalue weighted by atomic mass is 32.1. The van der Waals surface area contributed by atoms with Crippen LogP contribution in [0.25, 0.3) is 0 Å². The Balaban J connectivity index is 1.35. The van der Waals surface area contributed by atoms with Crippen LogP contribution in [0.3, 0.4) is 0 Å². The Morgan fingerprint density at radius 2 is 2.38 bits per heavy atom. The molecule has 5 heteroatoms. The zero-order valence-electron chi connectivity index (χ0n) is 12.1. The Bertz CT molecular complexity index is 675. The summed E-state index contributed by atoms with van der Waals surface area (Å²) in [4.78, 5) is 19.4. The summed E-state index contributed by atoms with van der Waals surface area (Å²) < 4.78 is 2.15. The molecule has 3 atom stereocenters. The average Bonchev–Trinajstić information content (AvgIpc) is 2.93. The summed E-state index contributed by atoms with van der Waals surface area (Å²) in [5, 5.41) is 3.24. The summed E-state index contributed by atoms with van der Waals surface area (Å²) >= 11 is 1.83. The predicted octanol–water partition coefficient (Wildman–Crippen LogP) is 2.49. The van der Waals surface area contributed by atoms with E-state index in [-0.39, 0.29) is 17.9 Å². The first kappa shape index (κ1) is 13.1. The third-order valence-corrected chi connectivity index (χ3v) is 5.67. The molecule has 1 fully saturated rings. The van der Waals surface area contributed by atoms with Gasteiger partial charge in [-0.15, -0.1) is 11.3 Å². The molecule has 0 bridgehead atoms. The molecule has 2 aromatic heterocycles. The van der Waals surface area contributed by atoms with Gasteiger partial charge in [0.05, 0.1) is 0 Å². The van der Waals surface area contributed by atoms with Crippen molar-refractivity contribution < 1.29 is 4.79 Å². The minimum absolute atomic E-state index is 0.187. The van der Waals surface area contributed by atoms with E-state index >= 15 is 0 Å². The number of carbonyl (C=O) groups excluding carboxylic acids is 1. The summed E-state index contributed by atoms with van der Waals surface area (Å²) in [5.41, 5.74) is 0. The van der Waals surface area contributed by atoms with Gasteiger partial charge in [-0.05, 0) is 31.9 Å². The normalized spacial score (nSPS) is 27.2. The van der Waals surface area contributed by atoms with Gasteiger partial charge in [-0.25, -0.2) is 4.98 Å². The molecule has 2 aromatic rings. The Labute approximate surface area is 128 Å². The first-order valence-electron chi connectivity index (χ1n) is 7.57. The lowest BCUT2D eigenvalue weighted by atomic mass is 10.1. The predicted molar refractivity (Wildman–Crippen MR) is 82.4 cm³/mol. The van der Waals surface area contributed by atoms with Gasteiger partial charge < -0.3 is 9.88 Å². The molecule has 2 aliphatic rings. The van der Waals surface area contributed by atoms with Crippen molar-refractivity contribution in [3.63, 3.8) is 0 Å². The van der Waals surface area contributed by atoms with Gasteiger partial charge in [0.2, 0.25) is 5.91 Å². The van der Waals surface area contributed by atoms with E-state index in [1.807, 2.05) is 23.7 Å². The van der Waals surface area contributed by atoms with Gasteiger partial charge in [-0.3, -0.25) is 4.79 Å². The maximum absolute atomic E-state index is 12.4. The van der Waals surface area contributed by atoms with E-state index in [9.17, 15) is 4.79 Å². The number of hydrogen-bond donors (Lipinski definition) is 1. The number of rotatable bonds is 3. The smallest absolute Gasteiger partial charge is 0.224 e. The van der Waals surface area contributed by atoms with Crippen LogP contribution in [0.15, 0.2) is 24.5 Å². The standard InChI is InChI=1S/C16H19N3OS/c1-10-2-4-14(21-10)12-8-13(12)16(20)18-11-3-5-15-17-6-7-19(15)9-11/h2,4,6-7,11-13H,3,5,8-9H2,1H3,(H,18,20)/t11-,12+,13-/m0/s1. The number of thiophene rings is 1. The largest absolute Gasteiger partial charge is 0.351 e. The first-order valence-corrected chi connectivity index (χ1v) is 8.39. The molecular formula is C16H19N3OS. The second-order valence-corrected chi connectivity index (χ2v) is 7.46. The van der Waals surface area contributed by atoms with E-state index in [1.165, 1.54) is 9.75 Å². The summed E-state index contributed by atoms with van der Waals surface area (Å²) in [7, 11) is 0. The average molecular weight is 301 g/mol. The zero-order valence-corrected chi connectivity index (χ0v) is 12.9. The molecule has 3 heterocycles. The van der Waals surface area contributed by atoms with E-state index in [4.69, 9.17) is 0 Å². The van der Waals surface area contributed by atoms with Crippen LogP contribution in [0.2, 0.25) is 0 Å². The van der Waals surface area contributed by atoms with Crippen LogP contribution in [-0.2, 0) is 17.8 Å². The number of carbonyl (C=O) groups is 1. The third-order valence-electron chi connectivity index (χ3n) is 4.54. The SMILES string of the molecule is Cc1ccc([C@@H]2C[C@@H]2C(=O)N[C@H]2CCc3nccn3C2)s1. The summed E-state index contributed by atoms with van der Waals surface area (Å²) in [6.07, 6.45) is 6.81. The van der Waals surface area contributed by atoms with Gasteiger partial charge in [0.15, 0.2) is 0 Å². The Morgan fingerprint density at radius 3 is 3.19 bits per heavy atom.